The average Bonchev–Trinajstić information content (AvgIpc) is 2.37. The van der Waals surface area contributed by atoms with Crippen molar-refractivity contribution in [3.63, 3.8) is 0 Å². The van der Waals surface area contributed by atoms with Crippen LogP contribution in [0.4, 0.5) is 0 Å². The van der Waals surface area contributed by atoms with Crippen LogP contribution in [0.3, 0.4) is 0 Å². The van der Waals surface area contributed by atoms with E-state index < -0.39 is 0 Å². The van der Waals surface area contributed by atoms with Crippen LogP contribution in [0.15, 0.2) is 48.5 Å². The molecule has 0 spiro atoms. The quantitative estimate of drug-likeness (QED) is 0.819. The van der Waals surface area contributed by atoms with Crippen LogP contribution in [0, 0.1) is 0 Å². The van der Waals surface area contributed by atoms with Crippen molar-refractivity contribution in [2.24, 2.45) is 0 Å². The molecule has 0 aliphatic carbocycles. The summed E-state index contributed by atoms with van der Waals surface area (Å²) in [6.45, 7) is 2.19. The topological polar surface area (TPSA) is 20.2 Å². The number of phenolic OH excluding ortho intramolecular Hbond substituents is 1. The Labute approximate surface area is 131 Å². The van der Waals surface area contributed by atoms with Crippen LogP contribution in [-0.2, 0) is 6.42 Å². The van der Waals surface area contributed by atoms with Gasteiger partial charge in [-0.3, -0.25) is 0 Å². The Morgan fingerprint density at radius 2 is 1.67 bits per heavy atom. The predicted octanol–water partition coefficient (Wildman–Crippen LogP) is 3.75. The molecule has 0 saturated heterocycles. The van der Waals surface area contributed by atoms with Gasteiger partial charge in [0.05, 0.1) is 0 Å². The van der Waals surface area contributed by atoms with Gasteiger partial charge in [0.15, 0.2) is 0 Å². The van der Waals surface area contributed by atoms with Crippen LogP contribution in [0.25, 0.3) is 11.1 Å². The number of hydrogen-bond acceptors (Lipinski definition) is 1. The molecule has 1 N–H and O–H groups in total. The van der Waals surface area contributed by atoms with Gasteiger partial charge in [-0.05, 0) is 30.0 Å². The van der Waals surface area contributed by atoms with Crippen molar-refractivity contribution in [2.75, 3.05) is 0 Å². The second-order valence-corrected chi connectivity index (χ2v) is 4.28. The molecule has 0 fully saturated rings. The number of benzene rings is 2. The zero-order valence-electron chi connectivity index (χ0n) is 10.2. The number of phenols is 1. The Morgan fingerprint density at radius 3 is 2.33 bits per heavy atom. The van der Waals surface area contributed by atoms with E-state index in [-0.39, 0.29) is 29.6 Å². The summed E-state index contributed by atoms with van der Waals surface area (Å²) < 4.78 is 0. The summed E-state index contributed by atoms with van der Waals surface area (Å²) in [5, 5.41) is 10.0. The van der Waals surface area contributed by atoms with Gasteiger partial charge in [0.25, 0.3) is 0 Å². The molecule has 18 heavy (non-hydrogen) atoms. The van der Waals surface area contributed by atoms with Gasteiger partial charge in [-0.15, -0.1) is 0 Å². The van der Waals surface area contributed by atoms with Crippen LogP contribution in [0.5, 0.6) is 5.75 Å². The van der Waals surface area contributed by atoms with E-state index >= 15 is 0 Å². The maximum atomic E-state index is 10.0. The SMILES string of the molecule is CCCCc1cccc(O)c1-c1ccccc1.[NaH]. The fourth-order valence-corrected chi connectivity index (χ4v) is 2.10. The minimum absolute atomic E-state index is 0. The zero-order valence-corrected chi connectivity index (χ0v) is 10.2. The van der Waals surface area contributed by atoms with Gasteiger partial charge in [-0.2, -0.15) is 0 Å². The van der Waals surface area contributed by atoms with Crippen molar-refractivity contribution >= 4 is 29.6 Å². The Kier molecular flexibility index (Phi) is 6.48. The van der Waals surface area contributed by atoms with Gasteiger partial charge in [-0.1, -0.05) is 55.8 Å². The van der Waals surface area contributed by atoms with Crippen molar-refractivity contribution in [1.29, 1.82) is 0 Å². The minimum atomic E-state index is 0. The molecular formula is C16H19NaO. The van der Waals surface area contributed by atoms with Crippen LogP contribution >= 0.6 is 0 Å². The first kappa shape index (κ1) is 15.3. The van der Waals surface area contributed by atoms with Crippen LogP contribution in [-0.4, -0.2) is 34.7 Å². The molecule has 0 atom stereocenters. The van der Waals surface area contributed by atoms with E-state index in [1.165, 1.54) is 12.0 Å². The number of rotatable bonds is 4. The fraction of sp³-hybridized carbons (Fsp3) is 0.250. The van der Waals surface area contributed by atoms with E-state index in [2.05, 4.69) is 13.0 Å². The summed E-state index contributed by atoms with van der Waals surface area (Å²) in [7, 11) is 0. The summed E-state index contributed by atoms with van der Waals surface area (Å²) in [4.78, 5) is 0. The van der Waals surface area contributed by atoms with Gasteiger partial charge in [0.1, 0.15) is 5.75 Å². The van der Waals surface area contributed by atoms with E-state index in [1.54, 1.807) is 6.07 Å². The molecule has 0 aromatic heterocycles. The summed E-state index contributed by atoms with van der Waals surface area (Å²) in [5.74, 6) is 0.379. The third-order valence-electron chi connectivity index (χ3n) is 2.99. The van der Waals surface area contributed by atoms with Gasteiger partial charge in [-0.25, -0.2) is 0 Å². The summed E-state index contributed by atoms with van der Waals surface area (Å²) >= 11 is 0. The number of hydrogen-bond donors (Lipinski definition) is 1. The molecule has 2 rings (SSSR count). The second-order valence-electron chi connectivity index (χ2n) is 4.28. The van der Waals surface area contributed by atoms with E-state index in [0.29, 0.717) is 5.75 Å². The summed E-state index contributed by atoms with van der Waals surface area (Å²) in [6, 6.07) is 15.9. The molecule has 0 amide bonds. The molecule has 2 aromatic carbocycles. The average molecular weight is 250 g/mol. The number of unbranched alkanes of at least 4 members (excludes halogenated alkanes) is 1. The molecule has 1 nitrogen and oxygen atoms in total. The Morgan fingerprint density at radius 1 is 0.944 bits per heavy atom. The third kappa shape index (κ3) is 3.61. The van der Waals surface area contributed by atoms with E-state index in [0.717, 1.165) is 24.0 Å². The molecule has 90 valence electrons. The summed E-state index contributed by atoms with van der Waals surface area (Å²) in [6.07, 6.45) is 3.35. The van der Waals surface area contributed by atoms with Gasteiger partial charge in [0, 0.05) is 5.56 Å². The molecule has 2 heteroatoms. The van der Waals surface area contributed by atoms with Gasteiger partial charge >= 0.3 is 29.6 Å². The first-order valence-corrected chi connectivity index (χ1v) is 6.19. The van der Waals surface area contributed by atoms with Gasteiger partial charge in [0.2, 0.25) is 0 Å². The predicted molar refractivity (Wildman–Crippen MR) is 79.3 cm³/mol. The van der Waals surface area contributed by atoms with Gasteiger partial charge < -0.3 is 5.11 Å². The standard InChI is InChI=1S/C16H18O.Na.H/c1-2-3-8-13-11-7-12-15(17)16(13)14-9-5-4-6-10-14;;/h4-7,9-12,17H,2-3,8H2,1H3;;. The molecule has 2 aromatic rings. The fourth-order valence-electron chi connectivity index (χ4n) is 2.10. The molecule has 0 bridgehead atoms. The number of aromatic hydroxyl groups is 1. The van der Waals surface area contributed by atoms with Crippen LogP contribution < -0.4 is 0 Å². The molecular weight excluding hydrogens is 231 g/mol. The Hall–Kier alpha value is -0.760. The Balaban J connectivity index is 0.00000162. The molecule has 0 heterocycles. The molecule has 0 aliphatic heterocycles. The number of aryl methyl sites for hydroxylation is 1. The zero-order chi connectivity index (χ0) is 12.1. The van der Waals surface area contributed by atoms with Crippen molar-refractivity contribution in [3.8, 4) is 16.9 Å². The third-order valence-corrected chi connectivity index (χ3v) is 2.99. The second kappa shape index (κ2) is 7.63. The van der Waals surface area contributed by atoms with Crippen molar-refractivity contribution in [3.05, 3.63) is 54.1 Å². The monoisotopic (exact) mass is 250 g/mol. The van der Waals surface area contributed by atoms with Crippen molar-refractivity contribution < 1.29 is 5.11 Å². The van der Waals surface area contributed by atoms with Crippen LogP contribution in [0.1, 0.15) is 25.3 Å². The first-order chi connectivity index (χ1) is 8.33. The van der Waals surface area contributed by atoms with Crippen LogP contribution in [0.2, 0.25) is 0 Å². The molecule has 0 unspecified atom stereocenters. The first-order valence-electron chi connectivity index (χ1n) is 6.19. The summed E-state index contributed by atoms with van der Waals surface area (Å²) in [5.41, 5.74) is 3.32. The molecule has 0 radical (unpaired) electrons. The molecule has 0 aliphatic rings. The van der Waals surface area contributed by atoms with Crippen molar-refractivity contribution in [2.45, 2.75) is 26.2 Å². The molecule has 0 saturated carbocycles. The van der Waals surface area contributed by atoms with E-state index in [4.69, 9.17) is 0 Å². The van der Waals surface area contributed by atoms with E-state index in [1.807, 2.05) is 36.4 Å². The van der Waals surface area contributed by atoms with E-state index in [9.17, 15) is 5.11 Å². The Bertz CT molecular complexity index is 480. The maximum absolute atomic E-state index is 10.0. The normalized spacial score (nSPS) is 9.83. The van der Waals surface area contributed by atoms with Crippen molar-refractivity contribution in [1.82, 2.24) is 0 Å².